The average molecular weight is 222 g/mol. The predicted molar refractivity (Wildman–Crippen MR) is 63.3 cm³/mol. The fraction of sp³-hybridized carbons (Fsp3) is 0.538. The van der Waals surface area contributed by atoms with Crippen LogP contribution in [0, 0.1) is 0 Å². The molecule has 1 saturated carbocycles. The van der Waals surface area contributed by atoms with E-state index in [2.05, 4.69) is 12.1 Å². The lowest BCUT2D eigenvalue weighted by molar-refractivity contribution is 0.450. The van der Waals surface area contributed by atoms with Gasteiger partial charge in [-0.2, -0.15) is 0 Å². The third kappa shape index (κ3) is 1.58. The molecule has 0 aromatic heterocycles. The van der Waals surface area contributed by atoms with Crippen molar-refractivity contribution in [2.45, 2.75) is 43.6 Å². The lowest BCUT2D eigenvalue weighted by Gasteiger charge is -2.30. The molecular formula is C13H16ClN. The SMILES string of the molecule is NC1(C2CCCc3ccc(Cl)cc32)CC1. The smallest absolute Gasteiger partial charge is 0.0409 e. The number of halogens is 1. The van der Waals surface area contributed by atoms with Crippen LogP contribution in [0.5, 0.6) is 0 Å². The molecule has 0 aliphatic heterocycles. The van der Waals surface area contributed by atoms with Gasteiger partial charge in [-0.3, -0.25) is 0 Å². The molecule has 1 atom stereocenters. The standard InChI is InChI=1S/C13H16ClN/c14-10-5-4-9-2-1-3-12(11(9)8-10)13(15)6-7-13/h4-5,8,12H,1-3,6-7,15H2. The molecule has 0 radical (unpaired) electrons. The van der Waals surface area contributed by atoms with Crippen LogP contribution in [-0.2, 0) is 6.42 Å². The molecule has 80 valence electrons. The highest BCUT2D eigenvalue weighted by Crippen LogP contribution is 2.50. The fourth-order valence-corrected chi connectivity index (χ4v) is 3.04. The van der Waals surface area contributed by atoms with Crippen molar-refractivity contribution in [2.75, 3.05) is 0 Å². The van der Waals surface area contributed by atoms with E-state index in [9.17, 15) is 0 Å². The van der Waals surface area contributed by atoms with Crippen LogP contribution >= 0.6 is 11.6 Å². The average Bonchev–Trinajstić information content (AvgIpc) is 2.96. The van der Waals surface area contributed by atoms with Crippen LogP contribution in [0.15, 0.2) is 18.2 Å². The number of hydrogen-bond acceptors (Lipinski definition) is 1. The van der Waals surface area contributed by atoms with Crippen LogP contribution in [-0.4, -0.2) is 5.54 Å². The lowest BCUT2D eigenvalue weighted by Crippen LogP contribution is -2.33. The molecule has 1 fully saturated rings. The molecule has 1 aromatic rings. The molecule has 2 N–H and O–H groups in total. The number of benzene rings is 1. The second-order valence-corrected chi connectivity index (χ2v) is 5.46. The summed E-state index contributed by atoms with van der Waals surface area (Å²) < 4.78 is 0. The van der Waals surface area contributed by atoms with Crippen LogP contribution in [0.3, 0.4) is 0 Å². The Morgan fingerprint density at radius 2 is 2.13 bits per heavy atom. The fourth-order valence-electron chi connectivity index (χ4n) is 2.86. The van der Waals surface area contributed by atoms with Gasteiger partial charge in [-0.1, -0.05) is 17.7 Å². The van der Waals surface area contributed by atoms with Gasteiger partial charge in [0.2, 0.25) is 0 Å². The van der Waals surface area contributed by atoms with Crippen molar-refractivity contribution in [1.82, 2.24) is 0 Å². The Bertz CT molecular complexity index is 396. The first-order valence-corrected chi connectivity index (χ1v) is 6.14. The highest BCUT2D eigenvalue weighted by atomic mass is 35.5. The minimum Gasteiger partial charge on any atom is -0.325 e. The number of aryl methyl sites for hydroxylation is 1. The van der Waals surface area contributed by atoms with Crippen LogP contribution < -0.4 is 5.73 Å². The molecular weight excluding hydrogens is 206 g/mol. The summed E-state index contributed by atoms with van der Waals surface area (Å²) in [6.07, 6.45) is 6.08. The summed E-state index contributed by atoms with van der Waals surface area (Å²) in [5.41, 5.74) is 9.33. The molecule has 0 heterocycles. The highest BCUT2D eigenvalue weighted by Gasteiger charge is 2.47. The molecule has 1 nitrogen and oxygen atoms in total. The van der Waals surface area contributed by atoms with Crippen molar-refractivity contribution in [3.05, 3.63) is 34.3 Å². The summed E-state index contributed by atoms with van der Waals surface area (Å²) in [6, 6.07) is 6.31. The Hall–Kier alpha value is -0.530. The Morgan fingerprint density at radius 3 is 2.87 bits per heavy atom. The molecule has 0 saturated heterocycles. The molecule has 2 aliphatic rings. The Morgan fingerprint density at radius 1 is 1.33 bits per heavy atom. The van der Waals surface area contributed by atoms with Gasteiger partial charge in [0.05, 0.1) is 0 Å². The summed E-state index contributed by atoms with van der Waals surface area (Å²) in [6.45, 7) is 0. The van der Waals surface area contributed by atoms with Gasteiger partial charge < -0.3 is 5.73 Å². The molecule has 0 amide bonds. The van der Waals surface area contributed by atoms with Crippen molar-refractivity contribution in [2.24, 2.45) is 5.73 Å². The second-order valence-electron chi connectivity index (χ2n) is 5.02. The number of hydrogen-bond donors (Lipinski definition) is 1. The first-order valence-electron chi connectivity index (χ1n) is 5.76. The zero-order chi connectivity index (χ0) is 10.5. The van der Waals surface area contributed by atoms with E-state index in [1.165, 1.54) is 43.2 Å². The van der Waals surface area contributed by atoms with Gasteiger partial charge in [-0.05, 0) is 55.4 Å². The van der Waals surface area contributed by atoms with Crippen molar-refractivity contribution >= 4 is 11.6 Å². The van der Waals surface area contributed by atoms with Crippen LogP contribution in [0.2, 0.25) is 5.02 Å². The summed E-state index contributed by atoms with van der Waals surface area (Å²) in [5, 5.41) is 0.852. The quantitative estimate of drug-likeness (QED) is 0.774. The van der Waals surface area contributed by atoms with Gasteiger partial charge in [0.25, 0.3) is 0 Å². The number of rotatable bonds is 1. The first kappa shape index (κ1) is 9.68. The minimum atomic E-state index is 0.0971. The molecule has 3 rings (SSSR count). The van der Waals surface area contributed by atoms with E-state index in [1.807, 2.05) is 6.07 Å². The second kappa shape index (κ2) is 3.23. The molecule has 1 unspecified atom stereocenters. The molecule has 1 aromatic carbocycles. The summed E-state index contributed by atoms with van der Waals surface area (Å²) in [5.74, 6) is 0.556. The van der Waals surface area contributed by atoms with Gasteiger partial charge in [0.15, 0.2) is 0 Å². The topological polar surface area (TPSA) is 26.0 Å². The Kier molecular flexibility index (Phi) is 2.08. The molecule has 2 aliphatic carbocycles. The highest BCUT2D eigenvalue weighted by molar-refractivity contribution is 6.30. The predicted octanol–water partition coefficient (Wildman–Crippen LogP) is 3.25. The zero-order valence-corrected chi connectivity index (χ0v) is 9.56. The molecule has 15 heavy (non-hydrogen) atoms. The minimum absolute atomic E-state index is 0.0971. The van der Waals surface area contributed by atoms with Crippen molar-refractivity contribution in [3.63, 3.8) is 0 Å². The summed E-state index contributed by atoms with van der Waals surface area (Å²) in [7, 11) is 0. The van der Waals surface area contributed by atoms with Crippen molar-refractivity contribution < 1.29 is 0 Å². The normalized spacial score (nSPS) is 27.2. The van der Waals surface area contributed by atoms with E-state index in [-0.39, 0.29) is 5.54 Å². The Balaban J connectivity index is 2.05. The van der Waals surface area contributed by atoms with Crippen molar-refractivity contribution in [1.29, 1.82) is 0 Å². The van der Waals surface area contributed by atoms with Gasteiger partial charge in [-0.15, -0.1) is 0 Å². The monoisotopic (exact) mass is 221 g/mol. The van der Waals surface area contributed by atoms with Gasteiger partial charge in [0, 0.05) is 16.5 Å². The van der Waals surface area contributed by atoms with Crippen LogP contribution in [0.1, 0.15) is 42.7 Å². The largest absolute Gasteiger partial charge is 0.325 e. The van der Waals surface area contributed by atoms with E-state index < -0.39 is 0 Å². The van der Waals surface area contributed by atoms with Crippen LogP contribution in [0.4, 0.5) is 0 Å². The van der Waals surface area contributed by atoms with E-state index in [4.69, 9.17) is 17.3 Å². The molecule has 2 heteroatoms. The van der Waals surface area contributed by atoms with E-state index in [0.717, 1.165) is 5.02 Å². The third-order valence-electron chi connectivity index (χ3n) is 3.94. The molecule has 0 bridgehead atoms. The number of nitrogens with two attached hydrogens (primary N) is 1. The maximum atomic E-state index is 6.34. The van der Waals surface area contributed by atoms with Gasteiger partial charge >= 0.3 is 0 Å². The lowest BCUT2D eigenvalue weighted by atomic mass is 9.77. The zero-order valence-electron chi connectivity index (χ0n) is 8.80. The first-order chi connectivity index (χ1) is 7.19. The number of fused-ring (bicyclic) bond motifs is 1. The van der Waals surface area contributed by atoms with Gasteiger partial charge in [-0.25, -0.2) is 0 Å². The maximum Gasteiger partial charge on any atom is 0.0409 e. The Labute approximate surface area is 95.6 Å². The van der Waals surface area contributed by atoms with E-state index in [1.54, 1.807) is 0 Å². The molecule has 0 spiro atoms. The van der Waals surface area contributed by atoms with Crippen LogP contribution in [0.25, 0.3) is 0 Å². The van der Waals surface area contributed by atoms with Gasteiger partial charge in [0.1, 0.15) is 0 Å². The van der Waals surface area contributed by atoms with Crippen molar-refractivity contribution in [3.8, 4) is 0 Å². The third-order valence-corrected chi connectivity index (χ3v) is 4.18. The summed E-state index contributed by atoms with van der Waals surface area (Å²) >= 11 is 6.07. The summed E-state index contributed by atoms with van der Waals surface area (Å²) in [4.78, 5) is 0. The maximum absolute atomic E-state index is 6.34. The van der Waals surface area contributed by atoms with E-state index >= 15 is 0 Å². The van der Waals surface area contributed by atoms with E-state index in [0.29, 0.717) is 5.92 Å².